The zero-order valence-electron chi connectivity index (χ0n) is 12.5. The summed E-state index contributed by atoms with van der Waals surface area (Å²) in [5.74, 6) is -0.00948. The van der Waals surface area contributed by atoms with Crippen LogP contribution in [0.25, 0.3) is 0 Å². The van der Waals surface area contributed by atoms with E-state index in [1.807, 2.05) is 55.1 Å². The van der Waals surface area contributed by atoms with Crippen LogP contribution in [-0.2, 0) is 11.3 Å². The minimum atomic E-state index is -0.320. The average Bonchev–Trinajstić information content (AvgIpc) is 2.89. The Balaban J connectivity index is 1.93. The van der Waals surface area contributed by atoms with E-state index in [0.717, 1.165) is 11.3 Å². The second kappa shape index (κ2) is 6.54. The summed E-state index contributed by atoms with van der Waals surface area (Å²) in [7, 11) is 0. The number of aromatic nitrogens is 2. The van der Waals surface area contributed by atoms with E-state index in [-0.39, 0.29) is 11.4 Å². The van der Waals surface area contributed by atoms with Crippen molar-refractivity contribution in [2.24, 2.45) is 5.73 Å². The van der Waals surface area contributed by atoms with E-state index < -0.39 is 0 Å². The molecule has 5 nitrogen and oxygen atoms in total. The van der Waals surface area contributed by atoms with E-state index >= 15 is 0 Å². The fraction of sp³-hybridized carbons (Fsp3) is 0.375. The SMILES string of the molecule is CC(C)(N)CCC(=O)Nc1cccc(Cn2cccn2)c1. The highest BCUT2D eigenvalue weighted by molar-refractivity contribution is 5.90. The number of benzene rings is 1. The molecule has 112 valence electrons. The molecule has 2 rings (SSSR count). The zero-order valence-corrected chi connectivity index (χ0v) is 12.5. The van der Waals surface area contributed by atoms with Crippen LogP contribution in [0.15, 0.2) is 42.7 Å². The van der Waals surface area contributed by atoms with Gasteiger partial charge in [0.05, 0.1) is 6.54 Å². The highest BCUT2D eigenvalue weighted by atomic mass is 16.1. The van der Waals surface area contributed by atoms with Crippen LogP contribution in [0.1, 0.15) is 32.3 Å². The standard InChI is InChI=1S/C16H22N4O/c1-16(2,17)8-7-15(21)19-14-6-3-5-13(11-14)12-20-10-4-9-18-20/h3-6,9-11H,7-8,12,17H2,1-2H3,(H,19,21). The first kappa shape index (κ1) is 15.3. The van der Waals surface area contributed by atoms with Gasteiger partial charge in [0.1, 0.15) is 0 Å². The molecule has 0 bridgehead atoms. The van der Waals surface area contributed by atoms with E-state index in [0.29, 0.717) is 19.4 Å². The van der Waals surface area contributed by atoms with Gasteiger partial charge in [0, 0.05) is 30.0 Å². The third kappa shape index (κ3) is 5.39. The summed E-state index contributed by atoms with van der Waals surface area (Å²) in [5.41, 5.74) is 7.47. The summed E-state index contributed by atoms with van der Waals surface area (Å²) in [5, 5.41) is 7.08. The van der Waals surface area contributed by atoms with Crippen LogP contribution < -0.4 is 11.1 Å². The zero-order chi connectivity index (χ0) is 15.3. The van der Waals surface area contributed by atoms with Gasteiger partial charge in [-0.15, -0.1) is 0 Å². The minimum absolute atomic E-state index is 0.00948. The van der Waals surface area contributed by atoms with Crippen molar-refractivity contribution in [3.05, 3.63) is 48.3 Å². The summed E-state index contributed by atoms with van der Waals surface area (Å²) in [6.45, 7) is 4.53. The number of carbonyl (C=O) groups excluding carboxylic acids is 1. The van der Waals surface area contributed by atoms with Gasteiger partial charge in [0.25, 0.3) is 0 Å². The van der Waals surface area contributed by atoms with Crippen LogP contribution >= 0.6 is 0 Å². The van der Waals surface area contributed by atoms with Crippen LogP contribution in [0.3, 0.4) is 0 Å². The maximum Gasteiger partial charge on any atom is 0.224 e. The van der Waals surface area contributed by atoms with Crippen molar-refractivity contribution in [2.45, 2.75) is 38.8 Å². The van der Waals surface area contributed by atoms with Gasteiger partial charge in [-0.2, -0.15) is 5.10 Å². The number of hydrogen-bond donors (Lipinski definition) is 2. The van der Waals surface area contributed by atoms with E-state index in [1.54, 1.807) is 6.20 Å². The monoisotopic (exact) mass is 286 g/mol. The smallest absolute Gasteiger partial charge is 0.224 e. The highest BCUT2D eigenvalue weighted by Crippen LogP contribution is 2.13. The molecule has 0 aliphatic heterocycles. The molecular weight excluding hydrogens is 264 g/mol. The molecule has 0 aliphatic carbocycles. The Labute approximate surface area is 125 Å². The number of rotatable bonds is 6. The van der Waals surface area contributed by atoms with Gasteiger partial charge in [-0.1, -0.05) is 12.1 Å². The number of amides is 1. The Morgan fingerprint density at radius 2 is 2.19 bits per heavy atom. The van der Waals surface area contributed by atoms with Gasteiger partial charge in [-0.25, -0.2) is 0 Å². The predicted octanol–water partition coefficient (Wildman–Crippen LogP) is 2.39. The van der Waals surface area contributed by atoms with Gasteiger partial charge in [-0.05, 0) is 44.0 Å². The molecule has 1 heterocycles. The first-order valence-corrected chi connectivity index (χ1v) is 7.07. The Kier molecular flexibility index (Phi) is 4.75. The Morgan fingerprint density at radius 3 is 2.86 bits per heavy atom. The molecule has 0 atom stereocenters. The van der Waals surface area contributed by atoms with Crippen LogP contribution in [0.4, 0.5) is 5.69 Å². The third-order valence-electron chi connectivity index (χ3n) is 3.11. The molecule has 5 heteroatoms. The minimum Gasteiger partial charge on any atom is -0.326 e. The molecule has 1 aromatic carbocycles. The molecule has 0 spiro atoms. The van der Waals surface area contributed by atoms with E-state index in [4.69, 9.17) is 5.73 Å². The molecule has 0 aliphatic rings. The topological polar surface area (TPSA) is 72.9 Å². The van der Waals surface area contributed by atoms with Gasteiger partial charge >= 0.3 is 0 Å². The summed E-state index contributed by atoms with van der Waals surface area (Å²) >= 11 is 0. The lowest BCUT2D eigenvalue weighted by Gasteiger charge is -2.17. The van der Waals surface area contributed by atoms with Crippen molar-refractivity contribution in [2.75, 3.05) is 5.32 Å². The van der Waals surface area contributed by atoms with Gasteiger partial charge in [0.15, 0.2) is 0 Å². The third-order valence-corrected chi connectivity index (χ3v) is 3.11. The predicted molar refractivity (Wildman–Crippen MR) is 83.9 cm³/mol. The number of nitrogens with zero attached hydrogens (tertiary/aromatic N) is 2. The lowest BCUT2D eigenvalue weighted by molar-refractivity contribution is -0.116. The summed E-state index contributed by atoms with van der Waals surface area (Å²) in [6.07, 6.45) is 4.74. The summed E-state index contributed by atoms with van der Waals surface area (Å²) in [6, 6.07) is 9.69. The van der Waals surface area contributed by atoms with E-state index in [2.05, 4.69) is 10.4 Å². The number of carbonyl (C=O) groups is 1. The van der Waals surface area contributed by atoms with Crippen LogP contribution in [0.2, 0.25) is 0 Å². The fourth-order valence-corrected chi connectivity index (χ4v) is 1.99. The molecule has 2 aromatic rings. The molecule has 1 aromatic heterocycles. The summed E-state index contributed by atoms with van der Waals surface area (Å²) < 4.78 is 1.85. The van der Waals surface area contributed by atoms with Crippen LogP contribution in [0, 0.1) is 0 Å². The largest absolute Gasteiger partial charge is 0.326 e. The quantitative estimate of drug-likeness (QED) is 0.856. The van der Waals surface area contributed by atoms with Crippen molar-refractivity contribution in [1.82, 2.24) is 9.78 Å². The Morgan fingerprint density at radius 1 is 1.38 bits per heavy atom. The molecule has 0 saturated carbocycles. The fourth-order valence-electron chi connectivity index (χ4n) is 1.99. The van der Waals surface area contributed by atoms with Crippen molar-refractivity contribution in [3.8, 4) is 0 Å². The first-order valence-electron chi connectivity index (χ1n) is 7.07. The van der Waals surface area contributed by atoms with E-state index in [9.17, 15) is 4.79 Å². The van der Waals surface area contributed by atoms with Crippen molar-refractivity contribution < 1.29 is 4.79 Å². The molecule has 1 amide bonds. The van der Waals surface area contributed by atoms with Crippen molar-refractivity contribution in [1.29, 1.82) is 0 Å². The second-order valence-corrected chi connectivity index (χ2v) is 5.94. The Bertz CT molecular complexity index is 585. The van der Waals surface area contributed by atoms with Crippen LogP contribution in [-0.4, -0.2) is 21.2 Å². The normalized spacial score (nSPS) is 11.4. The number of anilines is 1. The Hall–Kier alpha value is -2.14. The van der Waals surface area contributed by atoms with Gasteiger partial charge in [0.2, 0.25) is 5.91 Å². The maximum atomic E-state index is 11.9. The lowest BCUT2D eigenvalue weighted by atomic mass is 10.00. The van der Waals surface area contributed by atoms with Gasteiger partial charge < -0.3 is 11.1 Å². The maximum absolute atomic E-state index is 11.9. The molecular formula is C16H22N4O. The molecule has 0 saturated heterocycles. The molecule has 21 heavy (non-hydrogen) atoms. The van der Waals surface area contributed by atoms with Crippen molar-refractivity contribution >= 4 is 11.6 Å². The average molecular weight is 286 g/mol. The number of nitrogens with one attached hydrogen (secondary N) is 1. The molecule has 3 N–H and O–H groups in total. The molecule has 0 unspecified atom stereocenters. The number of nitrogens with two attached hydrogens (primary N) is 1. The number of hydrogen-bond acceptors (Lipinski definition) is 3. The first-order chi connectivity index (χ1) is 9.92. The highest BCUT2D eigenvalue weighted by Gasteiger charge is 2.13. The van der Waals surface area contributed by atoms with E-state index in [1.165, 1.54) is 0 Å². The summed E-state index contributed by atoms with van der Waals surface area (Å²) in [4.78, 5) is 11.9. The lowest BCUT2D eigenvalue weighted by Crippen LogP contribution is -2.33. The second-order valence-electron chi connectivity index (χ2n) is 5.94. The molecule has 0 fully saturated rings. The molecule has 0 radical (unpaired) electrons. The van der Waals surface area contributed by atoms with Crippen LogP contribution in [0.5, 0.6) is 0 Å². The van der Waals surface area contributed by atoms with Crippen molar-refractivity contribution in [3.63, 3.8) is 0 Å². The van der Waals surface area contributed by atoms with Gasteiger partial charge in [-0.3, -0.25) is 9.48 Å².